The van der Waals surface area contributed by atoms with E-state index >= 15 is 0 Å². The molecule has 1 aromatic rings. The molecule has 0 amide bonds. The van der Waals surface area contributed by atoms with Crippen LogP contribution in [0.1, 0.15) is 5.56 Å². The molecule has 1 rings (SSSR count). The molecule has 1 aromatic carbocycles. The van der Waals surface area contributed by atoms with Gasteiger partial charge in [-0.05, 0) is 25.7 Å². The van der Waals surface area contributed by atoms with Gasteiger partial charge in [0.2, 0.25) is 0 Å². The van der Waals surface area contributed by atoms with Gasteiger partial charge in [0, 0.05) is 26.7 Å². The summed E-state index contributed by atoms with van der Waals surface area (Å²) >= 11 is 0. The quantitative estimate of drug-likeness (QED) is 0.576. The van der Waals surface area contributed by atoms with E-state index in [0.29, 0.717) is 5.69 Å². The Morgan fingerprint density at radius 1 is 1.25 bits per heavy atom. The molecule has 0 aromatic heterocycles. The van der Waals surface area contributed by atoms with Gasteiger partial charge in [-0.1, -0.05) is 6.07 Å². The maximum Gasteiger partial charge on any atom is 0.292 e. The van der Waals surface area contributed by atoms with Gasteiger partial charge in [0.1, 0.15) is 5.69 Å². The number of hydrogen-bond acceptors (Lipinski definition) is 4. The maximum absolute atomic E-state index is 10.8. The monoisotopic (exact) mass is 223 g/mol. The van der Waals surface area contributed by atoms with Crippen LogP contribution in [0.2, 0.25) is 0 Å². The molecule has 88 valence electrons. The van der Waals surface area contributed by atoms with Crippen LogP contribution in [0.5, 0.6) is 0 Å². The number of anilines is 1. The Morgan fingerprint density at radius 2 is 1.88 bits per heavy atom. The second kappa shape index (κ2) is 4.94. The minimum absolute atomic E-state index is 0.146. The van der Waals surface area contributed by atoms with Crippen molar-refractivity contribution in [3.05, 3.63) is 33.9 Å². The smallest absolute Gasteiger partial charge is 0.292 e. The second-order valence-corrected chi connectivity index (χ2v) is 4.21. The normalized spacial score (nSPS) is 10.6. The minimum Gasteiger partial charge on any atom is -0.372 e. The third-order valence-electron chi connectivity index (χ3n) is 2.22. The molecule has 0 aliphatic carbocycles. The fourth-order valence-corrected chi connectivity index (χ4v) is 1.55. The van der Waals surface area contributed by atoms with Gasteiger partial charge in [-0.2, -0.15) is 0 Å². The minimum atomic E-state index is -0.352. The number of benzene rings is 1. The van der Waals surface area contributed by atoms with E-state index < -0.39 is 0 Å². The van der Waals surface area contributed by atoms with Crippen LogP contribution >= 0.6 is 0 Å². The van der Waals surface area contributed by atoms with Crippen LogP contribution in [-0.2, 0) is 6.54 Å². The summed E-state index contributed by atoms with van der Waals surface area (Å²) in [7, 11) is 7.55. The fraction of sp³-hybridized carbons (Fsp3) is 0.455. The second-order valence-electron chi connectivity index (χ2n) is 4.21. The highest BCUT2D eigenvalue weighted by Crippen LogP contribution is 2.27. The number of nitro groups is 1. The van der Waals surface area contributed by atoms with E-state index in [-0.39, 0.29) is 10.6 Å². The lowest BCUT2D eigenvalue weighted by Crippen LogP contribution is -2.14. The van der Waals surface area contributed by atoms with Gasteiger partial charge in [-0.15, -0.1) is 0 Å². The summed E-state index contributed by atoms with van der Waals surface area (Å²) in [6, 6.07) is 5.22. The van der Waals surface area contributed by atoms with Crippen molar-refractivity contribution in [1.82, 2.24) is 4.90 Å². The Bertz CT molecular complexity index is 389. The van der Waals surface area contributed by atoms with Crippen LogP contribution in [0.4, 0.5) is 11.4 Å². The van der Waals surface area contributed by atoms with E-state index in [4.69, 9.17) is 0 Å². The largest absolute Gasteiger partial charge is 0.372 e. The van der Waals surface area contributed by atoms with Crippen molar-refractivity contribution in [3.8, 4) is 0 Å². The van der Waals surface area contributed by atoms with Crippen molar-refractivity contribution < 1.29 is 4.92 Å². The third kappa shape index (κ3) is 2.93. The Hall–Kier alpha value is -1.62. The number of nitrogens with zero attached hydrogens (tertiary/aromatic N) is 3. The van der Waals surface area contributed by atoms with Crippen LogP contribution < -0.4 is 4.90 Å². The Kier molecular flexibility index (Phi) is 3.84. The molecule has 0 N–H and O–H groups in total. The molecule has 0 heterocycles. The van der Waals surface area contributed by atoms with Crippen molar-refractivity contribution in [2.75, 3.05) is 33.1 Å². The van der Waals surface area contributed by atoms with Crippen LogP contribution in [0.3, 0.4) is 0 Å². The van der Waals surface area contributed by atoms with Gasteiger partial charge in [0.25, 0.3) is 5.69 Å². The first kappa shape index (κ1) is 12.4. The molecule has 0 radical (unpaired) electrons. The van der Waals surface area contributed by atoms with Crippen LogP contribution in [0, 0.1) is 10.1 Å². The highest BCUT2D eigenvalue weighted by molar-refractivity contribution is 5.63. The SMILES string of the molecule is CN(C)Cc1ccc([N+](=O)[O-])c(N(C)C)c1. The van der Waals surface area contributed by atoms with E-state index in [0.717, 1.165) is 12.1 Å². The predicted molar refractivity (Wildman–Crippen MR) is 64.8 cm³/mol. The zero-order valence-corrected chi connectivity index (χ0v) is 10.1. The first-order valence-electron chi connectivity index (χ1n) is 5.01. The van der Waals surface area contributed by atoms with Crippen LogP contribution in [0.25, 0.3) is 0 Å². The fourth-order valence-electron chi connectivity index (χ4n) is 1.55. The lowest BCUT2D eigenvalue weighted by atomic mass is 10.1. The summed E-state index contributed by atoms with van der Waals surface area (Å²) in [5, 5.41) is 10.8. The molecule has 0 unspecified atom stereocenters. The predicted octanol–water partition coefficient (Wildman–Crippen LogP) is 1.72. The lowest BCUT2D eigenvalue weighted by Gasteiger charge is -2.15. The van der Waals surface area contributed by atoms with Crippen LogP contribution in [0.15, 0.2) is 18.2 Å². The van der Waals surface area contributed by atoms with E-state index in [1.807, 2.05) is 39.2 Å². The summed E-state index contributed by atoms with van der Waals surface area (Å²) in [6.45, 7) is 0.777. The Morgan fingerprint density at radius 3 is 2.31 bits per heavy atom. The molecule has 0 aliphatic rings. The highest BCUT2D eigenvalue weighted by atomic mass is 16.6. The van der Waals surface area contributed by atoms with Gasteiger partial charge < -0.3 is 9.80 Å². The van der Waals surface area contributed by atoms with Crippen molar-refractivity contribution in [3.63, 3.8) is 0 Å². The summed E-state index contributed by atoms with van der Waals surface area (Å²) in [5.74, 6) is 0. The molecule has 16 heavy (non-hydrogen) atoms. The molecular weight excluding hydrogens is 206 g/mol. The first-order valence-corrected chi connectivity index (χ1v) is 5.01. The molecule has 0 saturated carbocycles. The molecule has 5 heteroatoms. The standard InChI is InChI=1S/C11H17N3O2/c1-12(2)8-9-5-6-10(14(15)16)11(7-9)13(3)4/h5-7H,8H2,1-4H3. The number of rotatable bonds is 4. The zero-order valence-electron chi connectivity index (χ0n) is 10.1. The molecule has 0 atom stereocenters. The number of nitro benzene ring substituents is 1. The zero-order chi connectivity index (χ0) is 12.3. The molecule has 0 spiro atoms. The van der Waals surface area contributed by atoms with Gasteiger partial charge in [0.15, 0.2) is 0 Å². The number of hydrogen-bond donors (Lipinski definition) is 0. The van der Waals surface area contributed by atoms with Crippen molar-refractivity contribution >= 4 is 11.4 Å². The van der Waals surface area contributed by atoms with E-state index in [1.165, 1.54) is 0 Å². The summed E-state index contributed by atoms with van der Waals surface area (Å²) in [6.07, 6.45) is 0. The van der Waals surface area contributed by atoms with Gasteiger partial charge in [0.05, 0.1) is 4.92 Å². The van der Waals surface area contributed by atoms with Crippen LogP contribution in [-0.4, -0.2) is 38.0 Å². The Labute approximate surface area is 95.4 Å². The lowest BCUT2D eigenvalue weighted by molar-refractivity contribution is -0.384. The molecule has 0 aliphatic heterocycles. The first-order chi connectivity index (χ1) is 7.41. The Balaban J connectivity index is 3.12. The summed E-state index contributed by atoms with van der Waals surface area (Å²) in [4.78, 5) is 14.3. The van der Waals surface area contributed by atoms with E-state index in [2.05, 4.69) is 0 Å². The van der Waals surface area contributed by atoms with Gasteiger partial charge in [-0.3, -0.25) is 10.1 Å². The van der Waals surface area contributed by atoms with E-state index in [9.17, 15) is 10.1 Å². The molecule has 0 fully saturated rings. The topological polar surface area (TPSA) is 49.6 Å². The van der Waals surface area contributed by atoms with Crippen molar-refractivity contribution in [2.45, 2.75) is 6.54 Å². The van der Waals surface area contributed by atoms with Gasteiger partial charge in [-0.25, -0.2) is 0 Å². The highest BCUT2D eigenvalue weighted by Gasteiger charge is 2.15. The molecular formula is C11H17N3O2. The van der Waals surface area contributed by atoms with E-state index in [1.54, 1.807) is 17.0 Å². The molecule has 0 bridgehead atoms. The molecule has 5 nitrogen and oxygen atoms in total. The molecule has 0 saturated heterocycles. The summed E-state index contributed by atoms with van der Waals surface area (Å²) < 4.78 is 0. The maximum atomic E-state index is 10.8. The third-order valence-corrected chi connectivity index (χ3v) is 2.22. The summed E-state index contributed by atoms with van der Waals surface area (Å²) in [5.41, 5.74) is 1.86. The average Bonchev–Trinajstić information content (AvgIpc) is 2.16. The average molecular weight is 223 g/mol. The van der Waals surface area contributed by atoms with Gasteiger partial charge >= 0.3 is 0 Å². The van der Waals surface area contributed by atoms with Crippen molar-refractivity contribution in [1.29, 1.82) is 0 Å². The van der Waals surface area contributed by atoms with Crippen molar-refractivity contribution in [2.24, 2.45) is 0 Å².